The van der Waals surface area contributed by atoms with Crippen LogP contribution in [-0.2, 0) is 23.0 Å². The van der Waals surface area contributed by atoms with Gasteiger partial charge in [-0.1, -0.05) is 40.5 Å². The molecule has 0 saturated carbocycles. The number of aryl methyl sites for hydroxylation is 1. The van der Waals surface area contributed by atoms with Crippen molar-refractivity contribution < 1.29 is 17.9 Å². The Balaban J connectivity index is 0.00000133. The third kappa shape index (κ3) is 11.8. The number of aromatic nitrogens is 2. The highest BCUT2D eigenvalue weighted by molar-refractivity contribution is 7.91. The quantitative estimate of drug-likeness (QED) is 0.161. The van der Waals surface area contributed by atoms with E-state index in [4.69, 9.17) is 4.42 Å². The lowest BCUT2D eigenvalue weighted by Crippen LogP contribution is -2.44. The van der Waals surface area contributed by atoms with Crippen molar-refractivity contribution in [2.75, 3.05) is 57.5 Å². The highest BCUT2D eigenvalue weighted by Crippen LogP contribution is 2.42. The van der Waals surface area contributed by atoms with Crippen LogP contribution in [0.2, 0.25) is 0 Å². The monoisotopic (exact) mass is 685 g/mol. The number of furan rings is 1. The Hall–Kier alpha value is -2.23. The Morgan fingerprint density at radius 1 is 1.07 bits per heavy atom. The van der Waals surface area contributed by atoms with Gasteiger partial charge in [-0.2, -0.15) is 13.1 Å². The van der Waals surface area contributed by atoms with Crippen LogP contribution >= 0.6 is 23.1 Å². The van der Waals surface area contributed by atoms with Gasteiger partial charge in [0.25, 0.3) is 10.0 Å². The van der Waals surface area contributed by atoms with Crippen molar-refractivity contribution in [2.45, 2.75) is 96.9 Å². The highest BCUT2D eigenvalue weighted by atomic mass is 32.2. The van der Waals surface area contributed by atoms with Gasteiger partial charge in [0.15, 0.2) is 21.6 Å². The van der Waals surface area contributed by atoms with E-state index in [9.17, 15) is 13.5 Å². The zero-order valence-electron chi connectivity index (χ0n) is 28.6. The summed E-state index contributed by atoms with van der Waals surface area (Å²) < 4.78 is 41.5. The SMILES string of the molecule is CC.CCC.CN1CCN(CCCCCc2coc(CNc3nsnc3Nc3csc(S(=O)(=O)N(C)C(C)(C)C)c3O)c2)CC1. The van der Waals surface area contributed by atoms with Crippen molar-refractivity contribution in [3.63, 3.8) is 0 Å². The van der Waals surface area contributed by atoms with E-state index in [-0.39, 0.29) is 15.6 Å². The van der Waals surface area contributed by atoms with Crippen LogP contribution in [-0.4, -0.2) is 88.7 Å². The van der Waals surface area contributed by atoms with Gasteiger partial charge in [0.05, 0.1) is 30.2 Å². The van der Waals surface area contributed by atoms with Gasteiger partial charge in [0.2, 0.25) is 0 Å². The first-order valence-corrected chi connectivity index (χ1v) is 19.0. The number of hydrogen-bond acceptors (Lipinski definition) is 12. The van der Waals surface area contributed by atoms with E-state index in [1.54, 1.807) is 26.2 Å². The fourth-order valence-electron chi connectivity index (χ4n) is 4.34. The predicted octanol–water partition coefficient (Wildman–Crippen LogP) is 7.08. The number of hydrogen-bond donors (Lipinski definition) is 3. The molecule has 1 saturated heterocycles. The highest BCUT2D eigenvalue weighted by Gasteiger charge is 2.34. The lowest BCUT2D eigenvalue weighted by Gasteiger charge is -2.32. The van der Waals surface area contributed by atoms with Crippen LogP contribution in [0, 0.1) is 0 Å². The summed E-state index contributed by atoms with van der Waals surface area (Å²) in [6.07, 6.45) is 7.62. The van der Waals surface area contributed by atoms with Gasteiger partial charge >= 0.3 is 0 Å². The molecule has 3 aromatic rings. The summed E-state index contributed by atoms with van der Waals surface area (Å²) >= 11 is 1.97. The first kappa shape index (κ1) is 39.0. The minimum Gasteiger partial charge on any atom is -0.504 e. The largest absolute Gasteiger partial charge is 0.504 e. The third-order valence-corrected chi connectivity index (χ3v) is 11.3. The summed E-state index contributed by atoms with van der Waals surface area (Å²) in [5.74, 6) is 1.36. The Bertz CT molecular complexity index is 1360. The van der Waals surface area contributed by atoms with Crippen molar-refractivity contribution in [3.05, 3.63) is 29.0 Å². The van der Waals surface area contributed by atoms with Crippen molar-refractivity contribution in [1.82, 2.24) is 22.9 Å². The van der Waals surface area contributed by atoms with Crippen molar-refractivity contribution >= 4 is 50.4 Å². The first-order chi connectivity index (χ1) is 21.4. The number of sulfonamides is 1. The van der Waals surface area contributed by atoms with Crippen LogP contribution in [0.3, 0.4) is 0 Å². The number of aromatic hydroxyl groups is 1. The molecule has 256 valence electrons. The van der Waals surface area contributed by atoms with Gasteiger partial charge in [0.1, 0.15) is 5.76 Å². The average molecular weight is 686 g/mol. The van der Waals surface area contributed by atoms with Crippen LogP contribution in [0.5, 0.6) is 5.75 Å². The molecule has 0 spiro atoms. The van der Waals surface area contributed by atoms with E-state index in [2.05, 4.69) is 56.1 Å². The summed E-state index contributed by atoms with van der Waals surface area (Å²) in [6.45, 7) is 19.9. The number of rotatable bonds is 13. The molecule has 0 unspecified atom stereocenters. The van der Waals surface area contributed by atoms with Gasteiger partial charge in [-0.25, -0.2) is 8.42 Å². The fourth-order valence-corrected chi connectivity index (χ4v) is 7.73. The van der Waals surface area contributed by atoms with Gasteiger partial charge in [-0.3, -0.25) is 0 Å². The minimum atomic E-state index is -3.86. The molecule has 0 aromatic carbocycles. The zero-order valence-corrected chi connectivity index (χ0v) is 31.1. The maximum atomic E-state index is 13.0. The van der Waals surface area contributed by atoms with Gasteiger partial charge in [0, 0.05) is 44.1 Å². The van der Waals surface area contributed by atoms with Crippen LogP contribution in [0.4, 0.5) is 17.3 Å². The first-order valence-electron chi connectivity index (χ1n) is 16.0. The summed E-state index contributed by atoms with van der Waals surface area (Å²) in [5.41, 5.74) is 0.813. The second-order valence-electron chi connectivity index (χ2n) is 12.0. The molecule has 3 aromatic heterocycles. The summed E-state index contributed by atoms with van der Waals surface area (Å²) in [7, 11) is -0.170. The molecular weight excluding hydrogens is 631 g/mol. The normalized spacial score (nSPS) is 14.4. The van der Waals surface area contributed by atoms with Crippen molar-refractivity contribution in [2.24, 2.45) is 0 Å². The summed E-state index contributed by atoms with van der Waals surface area (Å²) in [6, 6.07) is 2.06. The molecule has 45 heavy (non-hydrogen) atoms. The van der Waals surface area contributed by atoms with Crippen LogP contribution in [0.25, 0.3) is 0 Å². The standard InChI is InChI=1S/C26H41N7O4S3.C3H8.C2H6/c1-26(2,3)32(5)40(35,36)25-22(34)21(18-38-25)28-24-23(29-39-30-24)27-16-20-15-19(17-37-20)9-7-6-8-10-33-13-11-31(4)12-14-33;1-3-2;1-2/h15,17-18,34H,6-14,16H2,1-5H3,(H,27,29)(H,28,30);3H2,1-2H3;1-2H3. The maximum Gasteiger partial charge on any atom is 0.256 e. The van der Waals surface area contributed by atoms with E-state index < -0.39 is 15.6 Å². The fraction of sp³-hybridized carbons (Fsp3) is 0.677. The van der Waals surface area contributed by atoms with Gasteiger partial charge in [-0.05, 0) is 65.3 Å². The molecule has 0 aliphatic carbocycles. The van der Waals surface area contributed by atoms with E-state index in [0.717, 1.165) is 54.8 Å². The zero-order chi connectivity index (χ0) is 33.6. The smallest absolute Gasteiger partial charge is 0.256 e. The van der Waals surface area contributed by atoms with Gasteiger partial charge < -0.3 is 30.0 Å². The van der Waals surface area contributed by atoms with Crippen molar-refractivity contribution in [3.8, 4) is 5.75 Å². The summed E-state index contributed by atoms with van der Waals surface area (Å²) in [5, 5.41) is 18.5. The molecule has 1 aliphatic rings. The van der Waals surface area contributed by atoms with Crippen LogP contribution in [0.15, 0.2) is 26.3 Å². The number of likely N-dealkylation sites (N-methyl/N-ethyl adjacent to an activating group) is 1. The van der Waals surface area contributed by atoms with E-state index in [1.807, 2.05) is 20.1 Å². The molecule has 0 atom stereocenters. The predicted molar refractivity (Wildman–Crippen MR) is 189 cm³/mol. The van der Waals surface area contributed by atoms with E-state index in [1.165, 1.54) is 55.8 Å². The molecule has 1 fully saturated rings. The molecule has 0 radical (unpaired) electrons. The second-order valence-corrected chi connectivity index (χ2v) is 15.5. The van der Waals surface area contributed by atoms with Crippen molar-refractivity contribution in [1.29, 1.82) is 0 Å². The molecule has 11 nitrogen and oxygen atoms in total. The Kier molecular flexibility index (Phi) is 16.3. The average Bonchev–Trinajstić information content (AvgIpc) is 3.74. The molecule has 3 N–H and O–H groups in total. The minimum absolute atomic E-state index is 0.118. The van der Waals surface area contributed by atoms with Crippen LogP contribution < -0.4 is 10.6 Å². The molecule has 0 bridgehead atoms. The Morgan fingerprint density at radius 3 is 2.36 bits per heavy atom. The number of thiophene rings is 1. The number of anilines is 3. The molecule has 4 heterocycles. The molecule has 14 heteroatoms. The number of piperazine rings is 1. The number of unbranched alkanes of at least 4 members (excludes halogenated alkanes) is 2. The lowest BCUT2D eigenvalue weighted by atomic mass is 10.1. The lowest BCUT2D eigenvalue weighted by molar-refractivity contribution is 0.152. The van der Waals surface area contributed by atoms with Gasteiger partial charge in [-0.15, -0.1) is 11.3 Å². The molecule has 1 aliphatic heterocycles. The third-order valence-electron chi connectivity index (χ3n) is 7.19. The second kappa shape index (κ2) is 18.8. The summed E-state index contributed by atoms with van der Waals surface area (Å²) in [4.78, 5) is 4.95. The van der Waals surface area contributed by atoms with E-state index in [0.29, 0.717) is 18.2 Å². The Labute approximate surface area is 279 Å². The molecular formula is C31H55N7O4S3. The molecule has 0 amide bonds. The molecule has 4 rings (SSSR count). The van der Waals surface area contributed by atoms with E-state index >= 15 is 0 Å². The van der Waals surface area contributed by atoms with Crippen LogP contribution in [0.1, 0.15) is 85.5 Å². The number of nitrogens with one attached hydrogen (secondary N) is 2. The number of nitrogens with zero attached hydrogens (tertiary/aromatic N) is 5. The Morgan fingerprint density at radius 2 is 1.71 bits per heavy atom. The topological polar surface area (TPSA) is 127 Å². The maximum absolute atomic E-state index is 13.0.